The summed E-state index contributed by atoms with van der Waals surface area (Å²) >= 11 is 0. The van der Waals surface area contributed by atoms with E-state index in [-0.39, 0.29) is 41.3 Å². The van der Waals surface area contributed by atoms with Crippen LogP contribution in [0.2, 0.25) is 0 Å². The van der Waals surface area contributed by atoms with Crippen LogP contribution in [0.4, 0.5) is 25.0 Å². The van der Waals surface area contributed by atoms with Gasteiger partial charge in [0.15, 0.2) is 0 Å². The highest BCUT2D eigenvalue weighted by atomic mass is 19.3. The zero-order valence-corrected chi connectivity index (χ0v) is 21.1. The van der Waals surface area contributed by atoms with E-state index in [1.165, 1.54) is 6.07 Å². The number of piperidine rings is 1. The van der Waals surface area contributed by atoms with E-state index in [9.17, 15) is 18.4 Å². The molecule has 1 saturated heterocycles. The molecule has 2 heterocycles. The summed E-state index contributed by atoms with van der Waals surface area (Å²) in [5.74, 6) is 0.219. The van der Waals surface area contributed by atoms with Crippen LogP contribution in [0, 0.1) is 18.8 Å². The van der Waals surface area contributed by atoms with E-state index in [4.69, 9.17) is 0 Å². The van der Waals surface area contributed by atoms with Gasteiger partial charge in [0.1, 0.15) is 5.69 Å². The van der Waals surface area contributed by atoms with Gasteiger partial charge in [0, 0.05) is 49.3 Å². The second-order valence-corrected chi connectivity index (χ2v) is 8.94. The van der Waals surface area contributed by atoms with Gasteiger partial charge in [-0.15, -0.1) is 0 Å². The fraction of sp³-hybridized carbons (Fsp3) is 0.500. The van der Waals surface area contributed by atoms with Gasteiger partial charge in [-0.3, -0.25) is 9.69 Å². The summed E-state index contributed by atoms with van der Waals surface area (Å²) in [6.45, 7) is 9.45. The van der Waals surface area contributed by atoms with Crippen molar-refractivity contribution in [2.75, 3.05) is 23.3 Å². The minimum Gasteiger partial charge on any atom is -0.415 e. The molecule has 4 rings (SSSR count). The fourth-order valence-corrected chi connectivity index (χ4v) is 4.71. The van der Waals surface area contributed by atoms with Crippen LogP contribution in [0.15, 0.2) is 36.4 Å². The summed E-state index contributed by atoms with van der Waals surface area (Å²) in [6.07, 6.45) is 0. The standard InChI is InChI=1S/C24H28F2N4O3.C2H6/c1-13(2)16-7-5-6-8-20(16)30(21-17-11-29(15(4)31)12-18(17)21)24(32)28-19-10-9-14(3)27-22(19)33-23(25)26;1-2/h5-10,13,17-18,21,23H,11-12H2,1-4H3,(H,28,32);1-2H3. The number of fused-ring (bicyclic) bond motifs is 1. The number of hydrogen-bond donors (Lipinski definition) is 1. The van der Waals surface area contributed by atoms with Crippen molar-refractivity contribution in [3.05, 3.63) is 47.7 Å². The topological polar surface area (TPSA) is 74.8 Å². The van der Waals surface area contributed by atoms with Crippen LogP contribution in [-0.4, -0.2) is 47.6 Å². The molecule has 2 unspecified atom stereocenters. The van der Waals surface area contributed by atoms with E-state index >= 15 is 0 Å². The third kappa shape index (κ3) is 5.71. The number of amides is 3. The Labute approximate surface area is 205 Å². The molecule has 1 saturated carbocycles. The number of urea groups is 1. The third-order valence-electron chi connectivity index (χ3n) is 6.37. The Hall–Kier alpha value is -3.23. The number of likely N-dealkylation sites (tertiary alicyclic amines) is 1. The van der Waals surface area contributed by atoms with Gasteiger partial charge in [-0.05, 0) is 36.6 Å². The summed E-state index contributed by atoms with van der Waals surface area (Å²) in [5.41, 5.74) is 2.35. The summed E-state index contributed by atoms with van der Waals surface area (Å²) in [6, 6.07) is 10.3. The van der Waals surface area contributed by atoms with Crippen molar-refractivity contribution in [3.63, 3.8) is 0 Å². The van der Waals surface area contributed by atoms with Crippen molar-refractivity contribution >= 4 is 23.3 Å². The summed E-state index contributed by atoms with van der Waals surface area (Å²) < 4.78 is 30.4. The number of carbonyl (C=O) groups is 2. The van der Waals surface area contributed by atoms with Crippen molar-refractivity contribution in [2.24, 2.45) is 11.8 Å². The number of nitrogens with zero attached hydrogens (tertiary/aromatic N) is 3. The first kappa shape index (κ1) is 26.4. The number of benzene rings is 1. The maximum Gasteiger partial charge on any atom is 0.388 e. The molecule has 9 heteroatoms. The lowest BCUT2D eigenvalue weighted by Gasteiger charge is -2.30. The van der Waals surface area contributed by atoms with Crippen molar-refractivity contribution in [3.8, 4) is 5.88 Å². The number of aryl methyl sites for hydroxylation is 1. The number of carbonyl (C=O) groups excluding carboxylic acids is 2. The minimum atomic E-state index is -3.06. The molecule has 1 aromatic carbocycles. The molecule has 0 radical (unpaired) electrons. The van der Waals surface area contributed by atoms with Crippen molar-refractivity contribution in [2.45, 2.75) is 60.1 Å². The van der Waals surface area contributed by atoms with Crippen molar-refractivity contribution < 1.29 is 23.1 Å². The van der Waals surface area contributed by atoms with Crippen LogP contribution >= 0.6 is 0 Å². The lowest BCUT2D eigenvalue weighted by atomic mass is 10.00. The molecule has 1 aliphatic carbocycles. The Kier molecular flexibility index (Phi) is 8.30. The van der Waals surface area contributed by atoms with Gasteiger partial charge < -0.3 is 15.0 Å². The van der Waals surface area contributed by atoms with E-state index < -0.39 is 12.6 Å². The molecule has 35 heavy (non-hydrogen) atoms. The van der Waals surface area contributed by atoms with E-state index in [1.807, 2.05) is 38.1 Å². The van der Waals surface area contributed by atoms with Crippen LogP contribution in [0.3, 0.4) is 0 Å². The lowest BCUT2D eigenvalue weighted by molar-refractivity contribution is -0.128. The number of rotatable bonds is 6. The molecular formula is C26H34F2N4O3. The molecule has 1 N–H and O–H groups in total. The largest absolute Gasteiger partial charge is 0.415 e. The molecule has 3 amide bonds. The van der Waals surface area contributed by atoms with Gasteiger partial charge in [-0.1, -0.05) is 45.9 Å². The number of halogens is 2. The van der Waals surface area contributed by atoms with E-state index in [1.54, 1.807) is 29.7 Å². The number of para-hydroxylation sites is 1. The molecule has 2 aromatic rings. The fourth-order valence-electron chi connectivity index (χ4n) is 4.71. The molecule has 0 bridgehead atoms. The Morgan fingerprint density at radius 1 is 1.11 bits per heavy atom. The molecule has 2 aliphatic rings. The molecular weight excluding hydrogens is 454 g/mol. The van der Waals surface area contributed by atoms with Gasteiger partial charge in [0.25, 0.3) is 0 Å². The smallest absolute Gasteiger partial charge is 0.388 e. The van der Waals surface area contributed by atoms with Gasteiger partial charge in [-0.2, -0.15) is 8.78 Å². The molecule has 7 nitrogen and oxygen atoms in total. The summed E-state index contributed by atoms with van der Waals surface area (Å²) in [7, 11) is 0. The number of pyridine rings is 1. The highest BCUT2D eigenvalue weighted by molar-refractivity contribution is 6.04. The van der Waals surface area contributed by atoms with E-state index in [0.717, 1.165) is 11.3 Å². The Balaban J connectivity index is 0.00000167. The normalized spacial score (nSPS) is 20.2. The minimum absolute atomic E-state index is 0.0269. The molecule has 2 fully saturated rings. The average Bonchev–Trinajstić information content (AvgIpc) is 3.26. The molecule has 190 valence electrons. The molecule has 2 atom stereocenters. The van der Waals surface area contributed by atoms with Crippen LogP contribution in [0.5, 0.6) is 5.88 Å². The van der Waals surface area contributed by atoms with Crippen molar-refractivity contribution in [1.29, 1.82) is 0 Å². The second-order valence-electron chi connectivity index (χ2n) is 8.94. The third-order valence-corrected chi connectivity index (χ3v) is 6.37. The van der Waals surface area contributed by atoms with Crippen LogP contribution < -0.4 is 15.0 Å². The zero-order valence-electron chi connectivity index (χ0n) is 21.1. The van der Waals surface area contributed by atoms with Gasteiger partial charge >= 0.3 is 12.6 Å². The van der Waals surface area contributed by atoms with E-state index in [0.29, 0.717) is 18.8 Å². The second kappa shape index (κ2) is 11.0. The Bertz CT molecular complexity index is 1050. The van der Waals surface area contributed by atoms with Gasteiger partial charge in [0.05, 0.1) is 0 Å². The highest BCUT2D eigenvalue weighted by Crippen LogP contribution is 2.51. The number of hydrogen-bond acceptors (Lipinski definition) is 4. The van der Waals surface area contributed by atoms with Gasteiger partial charge in [0.2, 0.25) is 11.8 Å². The average molecular weight is 489 g/mol. The predicted molar refractivity (Wildman–Crippen MR) is 132 cm³/mol. The van der Waals surface area contributed by atoms with E-state index in [2.05, 4.69) is 28.9 Å². The number of nitrogens with one attached hydrogen (secondary N) is 1. The summed E-state index contributed by atoms with van der Waals surface area (Å²) in [5, 5.41) is 2.74. The Morgan fingerprint density at radius 2 is 1.74 bits per heavy atom. The highest BCUT2D eigenvalue weighted by Gasteiger charge is 2.60. The molecule has 0 spiro atoms. The maximum atomic E-state index is 13.6. The first-order chi connectivity index (χ1) is 16.7. The predicted octanol–water partition coefficient (Wildman–Crippen LogP) is 5.66. The first-order valence-corrected chi connectivity index (χ1v) is 12.0. The first-order valence-electron chi connectivity index (χ1n) is 12.0. The zero-order chi connectivity index (χ0) is 25.9. The summed E-state index contributed by atoms with van der Waals surface area (Å²) in [4.78, 5) is 32.9. The van der Waals surface area contributed by atoms with Crippen LogP contribution in [-0.2, 0) is 4.79 Å². The maximum absolute atomic E-state index is 13.6. The van der Waals surface area contributed by atoms with Crippen molar-refractivity contribution in [1.82, 2.24) is 9.88 Å². The van der Waals surface area contributed by atoms with Crippen LogP contribution in [0.25, 0.3) is 0 Å². The monoisotopic (exact) mass is 488 g/mol. The number of anilines is 2. The quantitative estimate of drug-likeness (QED) is 0.570. The van der Waals surface area contributed by atoms with Gasteiger partial charge in [-0.25, -0.2) is 9.78 Å². The Morgan fingerprint density at radius 3 is 2.31 bits per heavy atom. The van der Waals surface area contributed by atoms with Crippen LogP contribution in [0.1, 0.15) is 51.8 Å². The molecule has 1 aromatic heterocycles. The number of alkyl halides is 2. The SMILES string of the molecule is CC.CC(=O)N1CC2C(C1)C2N(C(=O)Nc1ccc(C)nc1OC(F)F)c1ccccc1C(C)C. The number of ether oxygens (including phenoxy) is 1. The number of aromatic nitrogens is 1. The lowest BCUT2D eigenvalue weighted by Crippen LogP contribution is -2.43. The molecule has 1 aliphatic heterocycles.